The predicted octanol–water partition coefficient (Wildman–Crippen LogP) is 4.53. The molecule has 5 rings (SSSR count). The van der Waals surface area contributed by atoms with Crippen molar-refractivity contribution in [3.8, 4) is 5.75 Å². The maximum Gasteiger partial charge on any atom is 0.317 e. The van der Waals surface area contributed by atoms with Gasteiger partial charge in [-0.3, -0.25) is 19.6 Å². The number of halogens is 1. The predicted molar refractivity (Wildman–Crippen MR) is 155 cm³/mol. The highest BCUT2D eigenvalue weighted by atomic mass is 35.5. The van der Waals surface area contributed by atoms with Crippen molar-refractivity contribution in [1.82, 2.24) is 25.2 Å². The number of amides is 3. The average Bonchev–Trinajstić information content (AvgIpc) is 3.23. The standard InChI is InChI=1S/C30H36ClN5O4/c1-20-25(19-28(37)33-35-16-14-34(15-17-35)30(39)32-23-6-4-3-5-7-23)26-18-24(40-2)12-13-27(26)36(20)29(38)21-8-10-22(31)11-9-21/h8-13,18,23H,3-7,14-17,19H2,1-2H3,(H,32,39)(H,33,37). The van der Waals surface area contributed by atoms with E-state index in [1.54, 1.807) is 42.0 Å². The van der Waals surface area contributed by atoms with E-state index in [1.807, 2.05) is 29.0 Å². The van der Waals surface area contributed by atoms with Gasteiger partial charge in [-0.25, -0.2) is 9.80 Å². The second-order valence-corrected chi connectivity index (χ2v) is 11.0. The Bertz CT molecular complexity index is 1390. The molecule has 1 aromatic heterocycles. The molecule has 0 bridgehead atoms. The minimum absolute atomic E-state index is 0.0133. The molecule has 2 N–H and O–H groups in total. The fourth-order valence-corrected chi connectivity index (χ4v) is 5.83. The summed E-state index contributed by atoms with van der Waals surface area (Å²) in [5, 5.41) is 6.38. The number of piperazine rings is 1. The topological polar surface area (TPSA) is 95.9 Å². The smallest absolute Gasteiger partial charge is 0.317 e. The van der Waals surface area contributed by atoms with Crippen LogP contribution in [-0.4, -0.2) is 71.7 Å². The molecule has 1 saturated carbocycles. The van der Waals surface area contributed by atoms with Gasteiger partial charge in [-0.2, -0.15) is 0 Å². The van der Waals surface area contributed by atoms with Gasteiger partial charge in [0.15, 0.2) is 0 Å². The van der Waals surface area contributed by atoms with E-state index in [2.05, 4.69) is 10.7 Å². The Kier molecular flexibility index (Phi) is 8.61. The minimum Gasteiger partial charge on any atom is -0.497 e. The molecule has 40 heavy (non-hydrogen) atoms. The number of hydrazine groups is 1. The number of urea groups is 1. The zero-order valence-electron chi connectivity index (χ0n) is 23.0. The lowest BCUT2D eigenvalue weighted by Crippen LogP contribution is -2.57. The number of hydrogen-bond acceptors (Lipinski definition) is 5. The summed E-state index contributed by atoms with van der Waals surface area (Å²) in [5.74, 6) is 0.274. The monoisotopic (exact) mass is 565 g/mol. The third-order valence-corrected chi connectivity index (χ3v) is 8.21. The molecular weight excluding hydrogens is 530 g/mol. The first kappa shape index (κ1) is 28.0. The first-order valence-corrected chi connectivity index (χ1v) is 14.3. The number of rotatable bonds is 6. The summed E-state index contributed by atoms with van der Waals surface area (Å²) in [4.78, 5) is 41.2. The highest BCUT2D eigenvalue weighted by Crippen LogP contribution is 2.31. The Morgan fingerprint density at radius 2 is 1.68 bits per heavy atom. The number of benzene rings is 2. The molecule has 3 aromatic rings. The highest BCUT2D eigenvalue weighted by molar-refractivity contribution is 6.30. The molecule has 2 heterocycles. The molecule has 0 unspecified atom stereocenters. The first-order chi connectivity index (χ1) is 19.3. The van der Waals surface area contributed by atoms with Crippen LogP contribution >= 0.6 is 11.6 Å². The van der Waals surface area contributed by atoms with Gasteiger partial charge in [0, 0.05) is 53.9 Å². The van der Waals surface area contributed by atoms with E-state index in [0.717, 1.165) is 23.8 Å². The van der Waals surface area contributed by atoms with Crippen molar-refractivity contribution in [3.63, 3.8) is 0 Å². The highest BCUT2D eigenvalue weighted by Gasteiger charge is 2.26. The summed E-state index contributed by atoms with van der Waals surface area (Å²) in [6.07, 6.45) is 5.79. The average molecular weight is 566 g/mol. The van der Waals surface area contributed by atoms with Crippen LogP contribution in [0.2, 0.25) is 5.02 Å². The van der Waals surface area contributed by atoms with Gasteiger partial charge >= 0.3 is 6.03 Å². The van der Waals surface area contributed by atoms with Crippen molar-refractivity contribution < 1.29 is 19.1 Å². The van der Waals surface area contributed by atoms with E-state index in [0.29, 0.717) is 53.7 Å². The van der Waals surface area contributed by atoms with Crippen LogP contribution in [0.4, 0.5) is 4.79 Å². The number of carbonyl (C=O) groups excluding carboxylic acids is 3. The Labute approximate surface area is 239 Å². The number of ether oxygens (including phenoxy) is 1. The second kappa shape index (κ2) is 12.3. The molecule has 10 heteroatoms. The fraction of sp³-hybridized carbons (Fsp3) is 0.433. The van der Waals surface area contributed by atoms with Gasteiger partial charge in [-0.1, -0.05) is 30.9 Å². The van der Waals surface area contributed by atoms with Crippen LogP contribution in [0.1, 0.15) is 53.7 Å². The van der Waals surface area contributed by atoms with Crippen LogP contribution < -0.4 is 15.5 Å². The molecule has 0 atom stereocenters. The van der Waals surface area contributed by atoms with Gasteiger partial charge < -0.3 is 15.0 Å². The number of methoxy groups -OCH3 is 1. The largest absolute Gasteiger partial charge is 0.497 e. The number of nitrogens with zero attached hydrogens (tertiary/aromatic N) is 3. The van der Waals surface area contributed by atoms with Crippen LogP contribution in [0.3, 0.4) is 0 Å². The zero-order valence-corrected chi connectivity index (χ0v) is 23.8. The summed E-state index contributed by atoms with van der Waals surface area (Å²) >= 11 is 6.02. The number of carbonyl (C=O) groups is 3. The van der Waals surface area contributed by atoms with E-state index < -0.39 is 0 Å². The second-order valence-electron chi connectivity index (χ2n) is 10.6. The van der Waals surface area contributed by atoms with Gasteiger partial charge in [0.2, 0.25) is 5.91 Å². The molecule has 2 fully saturated rings. The number of nitrogens with one attached hydrogen (secondary N) is 2. The van der Waals surface area contributed by atoms with Gasteiger partial charge in [0.25, 0.3) is 5.91 Å². The number of aromatic nitrogens is 1. The summed E-state index contributed by atoms with van der Waals surface area (Å²) in [6.45, 7) is 4.04. The third kappa shape index (κ3) is 6.10. The van der Waals surface area contributed by atoms with Gasteiger partial charge in [-0.15, -0.1) is 0 Å². The van der Waals surface area contributed by atoms with Crippen LogP contribution in [0, 0.1) is 6.92 Å². The van der Waals surface area contributed by atoms with E-state index >= 15 is 0 Å². The van der Waals surface area contributed by atoms with E-state index in [1.165, 1.54) is 19.3 Å². The molecule has 9 nitrogen and oxygen atoms in total. The Morgan fingerprint density at radius 3 is 2.35 bits per heavy atom. The zero-order chi connectivity index (χ0) is 28.2. The van der Waals surface area contributed by atoms with Crippen molar-refractivity contribution in [1.29, 1.82) is 0 Å². The maximum atomic E-state index is 13.5. The normalized spacial score (nSPS) is 16.6. The van der Waals surface area contributed by atoms with Crippen molar-refractivity contribution in [3.05, 3.63) is 64.3 Å². The Balaban J connectivity index is 1.27. The molecule has 3 amide bonds. The van der Waals surface area contributed by atoms with Crippen molar-refractivity contribution >= 4 is 40.3 Å². The molecule has 1 saturated heterocycles. The van der Waals surface area contributed by atoms with E-state index in [9.17, 15) is 14.4 Å². The van der Waals surface area contributed by atoms with Crippen molar-refractivity contribution in [2.24, 2.45) is 0 Å². The van der Waals surface area contributed by atoms with Crippen LogP contribution in [-0.2, 0) is 11.2 Å². The SMILES string of the molecule is COc1ccc2c(c1)c(CC(=O)NN1CCN(C(=O)NC3CCCCC3)CC1)c(C)n2C(=O)c1ccc(Cl)cc1. The quantitative estimate of drug-likeness (QED) is 0.458. The number of hydrogen-bond donors (Lipinski definition) is 2. The van der Waals surface area contributed by atoms with Gasteiger partial charge in [0.1, 0.15) is 5.75 Å². The van der Waals surface area contributed by atoms with Gasteiger partial charge in [-0.05, 0) is 67.8 Å². The third-order valence-electron chi connectivity index (χ3n) is 7.96. The van der Waals surface area contributed by atoms with Gasteiger partial charge in [0.05, 0.1) is 19.0 Å². The van der Waals surface area contributed by atoms with Crippen molar-refractivity contribution in [2.75, 3.05) is 33.3 Å². The molecule has 2 aromatic carbocycles. The van der Waals surface area contributed by atoms with Crippen molar-refractivity contribution in [2.45, 2.75) is 51.5 Å². The number of fused-ring (bicyclic) bond motifs is 1. The summed E-state index contributed by atoms with van der Waals surface area (Å²) in [5.41, 5.74) is 5.67. The van der Waals surface area contributed by atoms with Crippen LogP contribution in [0.25, 0.3) is 10.9 Å². The van der Waals surface area contributed by atoms with Crippen LogP contribution in [0.5, 0.6) is 5.75 Å². The Hall–Kier alpha value is -3.56. The van der Waals surface area contributed by atoms with E-state index in [-0.39, 0.29) is 30.3 Å². The summed E-state index contributed by atoms with van der Waals surface area (Å²) < 4.78 is 7.08. The fourth-order valence-electron chi connectivity index (χ4n) is 5.71. The maximum absolute atomic E-state index is 13.5. The Morgan fingerprint density at radius 1 is 0.975 bits per heavy atom. The molecule has 0 radical (unpaired) electrons. The lowest BCUT2D eigenvalue weighted by Gasteiger charge is -2.36. The first-order valence-electron chi connectivity index (χ1n) is 13.9. The lowest BCUT2D eigenvalue weighted by atomic mass is 9.96. The molecule has 1 aliphatic heterocycles. The molecule has 212 valence electrons. The molecule has 0 spiro atoms. The molecule has 2 aliphatic rings. The summed E-state index contributed by atoms with van der Waals surface area (Å²) in [7, 11) is 1.59. The molecule has 1 aliphatic carbocycles. The lowest BCUT2D eigenvalue weighted by molar-refractivity contribution is -0.125. The van der Waals surface area contributed by atoms with E-state index in [4.69, 9.17) is 16.3 Å². The minimum atomic E-state index is -0.196. The molecular formula is C30H36ClN5O4. The van der Waals surface area contributed by atoms with Crippen LogP contribution in [0.15, 0.2) is 42.5 Å². The summed E-state index contributed by atoms with van der Waals surface area (Å²) in [6, 6.07) is 12.5.